The fourth-order valence-electron chi connectivity index (χ4n) is 3.81. The number of benzene rings is 2. The Balaban J connectivity index is 2.07. The van der Waals surface area contributed by atoms with E-state index < -0.39 is 0 Å². The lowest BCUT2D eigenvalue weighted by Gasteiger charge is -2.20. The number of allylic oxidation sites excluding steroid dienone is 4. The summed E-state index contributed by atoms with van der Waals surface area (Å²) in [5, 5.41) is 14.6. The van der Waals surface area contributed by atoms with E-state index >= 15 is 0 Å². The number of rotatable bonds is 2. The second kappa shape index (κ2) is 5.41. The molecule has 2 aromatic carbocycles. The minimum atomic E-state index is 0.293. The zero-order valence-corrected chi connectivity index (χ0v) is 14.4. The summed E-state index contributed by atoms with van der Waals surface area (Å²) in [7, 11) is 1.90. The molecular formula is C20H20N4. The molecule has 0 fully saturated rings. The molecule has 1 aromatic heterocycles. The van der Waals surface area contributed by atoms with Gasteiger partial charge in [0.2, 0.25) is 0 Å². The van der Waals surface area contributed by atoms with Crippen molar-refractivity contribution < 1.29 is 0 Å². The first-order valence-electron chi connectivity index (χ1n) is 8.18. The third-order valence-corrected chi connectivity index (χ3v) is 5.07. The Hall–Kier alpha value is -2.75. The van der Waals surface area contributed by atoms with Crippen molar-refractivity contribution in [3.05, 3.63) is 64.8 Å². The molecule has 1 atom stereocenters. The third kappa shape index (κ3) is 2.10. The Labute approximate surface area is 141 Å². The zero-order chi connectivity index (χ0) is 16.8. The van der Waals surface area contributed by atoms with Crippen LogP contribution in [-0.2, 0) is 7.05 Å². The van der Waals surface area contributed by atoms with E-state index in [1.54, 1.807) is 4.68 Å². The monoisotopic (exact) mass is 316 g/mol. The fourth-order valence-corrected chi connectivity index (χ4v) is 3.81. The maximum absolute atomic E-state index is 4.30. The summed E-state index contributed by atoms with van der Waals surface area (Å²) in [5.74, 6) is 1.10. The summed E-state index contributed by atoms with van der Waals surface area (Å²) in [6.07, 6.45) is 2.29. The summed E-state index contributed by atoms with van der Waals surface area (Å²) in [5.41, 5.74) is 6.53. The maximum Gasteiger partial charge on any atom is 0.182 e. The number of hydrogen-bond donors (Lipinski definition) is 0. The van der Waals surface area contributed by atoms with Crippen LogP contribution >= 0.6 is 0 Å². The highest BCUT2D eigenvalue weighted by molar-refractivity contribution is 5.97. The van der Waals surface area contributed by atoms with Gasteiger partial charge >= 0.3 is 0 Å². The van der Waals surface area contributed by atoms with E-state index in [2.05, 4.69) is 78.8 Å². The Morgan fingerprint density at radius 1 is 1.00 bits per heavy atom. The molecule has 0 spiro atoms. The average molecular weight is 316 g/mol. The SMILES string of the molecule is CC1=CC(C)=C(C)C1c1ccc2ccccc2c1-c1nnnn1C. The van der Waals surface area contributed by atoms with Crippen LogP contribution in [0.4, 0.5) is 0 Å². The van der Waals surface area contributed by atoms with E-state index in [0.29, 0.717) is 5.92 Å². The van der Waals surface area contributed by atoms with Crippen LogP contribution in [0.25, 0.3) is 22.2 Å². The van der Waals surface area contributed by atoms with Crippen molar-refractivity contribution in [1.82, 2.24) is 20.2 Å². The van der Waals surface area contributed by atoms with Gasteiger partial charge < -0.3 is 0 Å². The lowest BCUT2D eigenvalue weighted by molar-refractivity contribution is 0.714. The molecule has 1 aliphatic rings. The first-order valence-corrected chi connectivity index (χ1v) is 8.18. The highest BCUT2D eigenvalue weighted by Gasteiger charge is 2.27. The van der Waals surface area contributed by atoms with Crippen LogP contribution < -0.4 is 0 Å². The van der Waals surface area contributed by atoms with E-state index in [9.17, 15) is 0 Å². The van der Waals surface area contributed by atoms with Crippen LogP contribution in [-0.4, -0.2) is 20.2 Å². The summed E-state index contributed by atoms with van der Waals surface area (Å²) in [6.45, 7) is 6.61. The summed E-state index contributed by atoms with van der Waals surface area (Å²) in [6, 6.07) is 12.9. The van der Waals surface area contributed by atoms with E-state index in [4.69, 9.17) is 0 Å². The molecule has 120 valence electrons. The van der Waals surface area contributed by atoms with Gasteiger partial charge in [0, 0.05) is 18.5 Å². The molecule has 0 bridgehead atoms. The average Bonchev–Trinajstić information content (AvgIpc) is 3.10. The highest BCUT2D eigenvalue weighted by atomic mass is 15.5. The van der Waals surface area contributed by atoms with Crippen molar-refractivity contribution in [2.24, 2.45) is 7.05 Å². The molecule has 0 amide bonds. The predicted octanol–water partition coefficient (Wildman–Crippen LogP) is 4.41. The van der Waals surface area contributed by atoms with Crippen LogP contribution in [0.5, 0.6) is 0 Å². The molecule has 1 unspecified atom stereocenters. The Bertz CT molecular complexity index is 1010. The lowest BCUT2D eigenvalue weighted by Crippen LogP contribution is -2.05. The number of hydrogen-bond acceptors (Lipinski definition) is 3. The first kappa shape index (κ1) is 14.8. The molecule has 4 nitrogen and oxygen atoms in total. The Morgan fingerprint density at radius 3 is 2.46 bits per heavy atom. The van der Waals surface area contributed by atoms with Gasteiger partial charge in [-0.2, -0.15) is 0 Å². The molecule has 1 aliphatic carbocycles. The van der Waals surface area contributed by atoms with Crippen molar-refractivity contribution in [1.29, 1.82) is 0 Å². The highest BCUT2D eigenvalue weighted by Crippen LogP contribution is 2.44. The first-order chi connectivity index (χ1) is 11.6. The topological polar surface area (TPSA) is 43.6 Å². The fraction of sp³-hybridized carbons (Fsp3) is 0.250. The molecule has 0 saturated heterocycles. The molecule has 3 aromatic rings. The number of tetrazole rings is 1. The summed E-state index contributed by atoms with van der Waals surface area (Å²) in [4.78, 5) is 0. The number of fused-ring (bicyclic) bond motifs is 1. The minimum Gasteiger partial charge on any atom is -0.229 e. The molecule has 1 heterocycles. The Kier molecular flexibility index (Phi) is 3.34. The normalized spacial score (nSPS) is 17.7. The smallest absolute Gasteiger partial charge is 0.182 e. The van der Waals surface area contributed by atoms with Crippen LogP contribution in [0.2, 0.25) is 0 Å². The molecule has 24 heavy (non-hydrogen) atoms. The van der Waals surface area contributed by atoms with Gasteiger partial charge in [-0.1, -0.05) is 59.2 Å². The molecule has 0 radical (unpaired) electrons. The van der Waals surface area contributed by atoms with Crippen molar-refractivity contribution in [2.75, 3.05) is 0 Å². The summed E-state index contributed by atoms with van der Waals surface area (Å²) >= 11 is 0. The van der Waals surface area contributed by atoms with Crippen LogP contribution in [0.1, 0.15) is 32.3 Å². The van der Waals surface area contributed by atoms with E-state index in [0.717, 1.165) is 11.4 Å². The van der Waals surface area contributed by atoms with E-state index in [-0.39, 0.29) is 0 Å². The van der Waals surface area contributed by atoms with Gasteiger partial charge in [-0.3, -0.25) is 0 Å². The van der Waals surface area contributed by atoms with E-state index in [1.807, 2.05) is 7.05 Å². The minimum absolute atomic E-state index is 0.293. The second-order valence-corrected chi connectivity index (χ2v) is 6.56. The van der Waals surface area contributed by atoms with Crippen LogP contribution in [0, 0.1) is 0 Å². The van der Waals surface area contributed by atoms with E-state index in [1.165, 1.54) is 33.1 Å². The molecule has 4 rings (SSSR count). The van der Waals surface area contributed by atoms with Crippen LogP contribution in [0.15, 0.2) is 59.2 Å². The van der Waals surface area contributed by atoms with Gasteiger partial charge in [-0.25, -0.2) is 4.68 Å². The van der Waals surface area contributed by atoms with Gasteiger partial charge in [0.1, 0.15) is 0 Å². The van der Waals surface area contributed by atoms with Crippen molar-refractivity contribution in [3.8, 4) is 11.4 Å². The number of nitrogens with zero attached hydrogens (tertiary/aromatic N) is 4. The Morgan fingerprint density at radius 2 is 1.79 bits per heavy atom. The molecular weight excluding hydrogens is 296 g/mol. The van der Waals surface area contributed by atoms with Gasteiger partial charge in [-0.15, -0.1) is 5.10 Å². The largest absolute Gasteiger partial charge is 0.229 e. The molecule has 0 saturated carbocycles. The third-order valence-electron chi connectivity index (χ3n) is 5.07. The van der Waals surface area contributed by atoms with Gasteiger partial charge in [0.05, 0.1) is 0 Å². The van der Waals surface area contributed by atoms with Crippen molar-refractivity contribution in [3.63, 3.8) is 0 Å². The zero-order valence-electron chi connectivity index (χ0n) is 14.4. The molecule has 0 N–H and O–H groups in total. The van der Waals surface area contributed by atoms with Gasteiger partial charge in [0.25, 0.3) is 0 Å². The number of aryl methyl sites for hydroxylation is 1. The van der Waals surface area contributed by atoms with Crippen molar-refractivity contribution in [2.45, 2.75) is 26.7 Å². The second-order valence-electron chi connectivity index (χ2n) is 6.56. The lowest BCUT2D eigenvalue weighted by atomic mass is 9.84. The van der Waals surface area contributed by atoms with Crippen LogP contribution in [0.3, 0.4) is 0 Å². The quantitative estimate of drug-likeness (QED) is 0.703. The molecule has 0 aliphatic heterocycles. The molecule has 4 heteroatoms. The maximum atomic E-state index is 4.30. The van der Waals surface area contributed by atoms with Gasteiger partial charge in [-0.05, 0) is 47.5 Å². The summed E-state index contributed by atoms with van der Waals surface area (Å²) < 4.78 is 1.76. The predicted molar refractivity (Wildman–Crippen MR) is 96.6 cm³/mol. The number of aromatic nitrogens is 4. The van der Waals surface area contributed by atoms with Crippen molar-refractivity contribution >= 4 is 10.8 Å². The van der Waals surface area contributed by atoms with Gasteiger partial charge in [0.15, 0.2) is 5.82 Å². The standard InChI is InChI=1S/C20H20N4/c1-12-11-13(2)18(14(12)3)17-10-9-15-7-5-6-8-16(15)19(17)20-21-22-23-24(20)4/h5-11,18H,1-4H3.